The first kappa shape index (κ1) is 39.3. The van der Waals surface area contributed by atoms with Crippen molar-refractivity contribution in [3.05, 3.63) is 164 Å². The Bertz CT molecular complexity index is 2830. The molecule has 0 aliphatic carbocycles. The number of nitrogens with one attached hydrogen (secondary N) is 6. The van der Waals surface area contributed by atoms with Crippen LogP contribution in [0.25, 0.3) is 10.8 Å². The molecule has 0 aliphatic heterocycles. The van der Waals surface area contributed by atoms with Gasteiger partial charge in [-0.05, 0) is 103 Å². The molecule has 0 spiro atoms. The van der Waals surface area contributed by atoms with Crippen LogP contribution in [-0.4, -0.2) is 40.9 Å². The molecule has 0 amide bonds. The summed E-state index contributed by atoms with van der Waals surface area (Å²) in [4.78, 5) is 13.3. The lowest BCUT2D eigenvalue weighted by atomic mass is 10.1. The van der Waals surface area contributed by atoms with E-state index in [1.54, 1.807) is 12.1 Å². The summed E-state index contributed by atoms with van der Waals surface area (Å²) in [5.41, 5.74) is 6.44. The molecule has 0 radical (unpaired) electrons. The van der Waals surface area contributed by atoms with Crippen LogP contribution in [-0.2, 0) is 20.2 Å². The molecule has 8 N–H and O–H groups in total. The van der Waals surface area contributed by atoms with E-state index in [-0.39, 0.29) is 27.6 Å². The number of rotatable bonds is 14. The summed E-state index contributed by atoms with van der Waals surface area (Å²) in [5.74, 6) is 0.614. The number of hydrogen-bond donors (Lipinski definition) is 8. The first-order valence-corrected chi connectivity index (χ1v) is 21.1. The summed E-state index contributed by atoms with van der Waals surface area (Å²) in [6, 6.07) is 47.9. The summed E-state index contributed by atoms with van der Waals surface area (Å²) in [6.45, 7) is 0. The maximum Gasteiger partial charge on any atom is 0.294 e. The van der Waals surface area contributed by atoms with Crippen molar-refractivity contribution in [2.24, 2.45) is 0 Å². The van der Waals surface area contributed by atoms with Crippen molar-refractivity contribution in [1.29, 1.82) is 0 Å². The van der Waals surface area contributed by atoms with Crippen LogP contribution >= 0.6 is 0 Å². The van der Waals surface area contributed by atoms with Gasteiger partial charge < -0.3 is 31.9 Å². The topological polar surface area (TPSA) is 220 Å². The number of aromatic nitrogens is 3. The third-order valence-corrected chi connectivity index (χ3v) is 10.7. The Hall–Kier alpha value is -7.57. The number of benzene rings is 7. The Labute approximate surface area is 345 Å². The third kappa shape index (κ3) is 9.75. The molecule has 60 heavy (non-hydrogen) atoms. The van der Waals surface area contributed by atoms with Gasteiger partial charge in [0, 0.05) is 62.0 Å². The van der Waals surface area contributed by atoms with Gasteiger partial charge in [-0.15, -0.1) is 0 Å². The van der Waals surface area contributed by atoms with Gasteiger partial charge in [0.25, 0.3) is 20.2 Å². The molecule has 300 valence electrons. The largest absolute Gasteiger partial charge is 0.355 e. The van der Waals surface area contributed by atoms with Crippen molar-refractivity contribution < 1.29 is 25.9 Å². The van der Waals surface area contributed by atoms with Crippen LogP contribution in [0.5, 0.6) is 0 Å². The van der Waals surface area contributed by atoms with Gasteiger partial charge in [0.2, 0.25) is 17.8 Å². The van der Waals surface area contributed by atoms with E-state index in [1.165, 1.54) is 36.4 Å². The lowest BCUT2D eigenvalue weighted by Crippen LogP contribution is -2.07. The molecule has 0 atom stereocenters. The zero-order valence-electron chi connectivity index (χ0n) is 31.3. The molecule has 15 nitrogen and oxygen atoms in total. The molecule has 0 bridgehead atoms. The maximum absolute atomic E-state index is 11.6. The predicted octanol–water partition coefficient (Wildman–Crippen LogP) is 9.98. The molecule has 1 aromatic heterocycles. The number of fused-ring (bicyclic) bond motifs is 1. The van der Waals surface area contributed by atoms with Gasteiger partial charge >= 0.3 is 0 Å². The van der Waals surface area contributed by atoms with Crippen LogP contribution in [0.1, 0.15) is 0 Å². The van der Waals surface area contributed by atoms with Crippen LogP contribution in [0.4, 0.5) is 69.0 Å². The summed E-state index contributed by atoms with van der Waals surface area (Å²) in [6.07, 6.45) is 0. The van der Waals surface area contributed by atoms with E-state index < -0.39 is 20.2 Å². The Morgan fingerprint density at radius 3 is 1.12 bits per heavy atom. The first-order valence-electron chi connectivity index (χ1n) is 18.2. The average molecular weight is 838 g/mol. The number of nitrogens with zero attached hydrogens (tertiary/aromatic N) is 3. The van der Waals surface area contributed by atoms with Crippen molar-refractivity contribution >= 4 is 100 Å². The van der Waals surface area contributed by atoms with Gasteiger partial charge in [0.1, 0.15) is 0 Å². The minimum Gasteiger partial charge on any atom is -0.355 e. The summed E-state index contributed by atoms with van der Waals surface area (Å²) in [5, 5.41) is 21.7. The second-order valence-corrected chi connectivity index (χ2v) is 16.1. The minimum atomic E-state index is -4.37. The summed E-state index contributed by atoms with van der Waals surface area (Å²) >= 11 is 0. The lowest BCUT2D eigenvalue weighted by Gasteiger charge is -2.17. The van der Waals surface area contributed by atoms with Crippen molar-refractivity contribution in [2.75, 3.05) is 31.9 Å². The first-order chi connectivity index (χ1) is 28.9. The predicted molar refractivity (Wildman–Crippen MR) is 235 cm³/mol. The van der Waals surface area contributed by atoms with Crippen molar-refractivity contribution in [3.8, 4) is 0 Å². The van der Waals surface area contributed by atoms with Gasteiger partial charge in [-0.2, -0.15) is 31.8 Å². The molecule has 0 saturated carbocycles. The second-order valence-electron chi connectivity index (χ2n) is 13.3. The summed E-state index contributed by atoms with van der Waals surface area (Å²) < 4.78 is 65.2. The van der Waals surface area contributed by atoms with E-state index in [2.05, 4.69) is 46.9 Å². The Kier molecular flexibility index (Phi) is 10.9. The number of para-hydroxylation sites is 2. The highest BCUT2D eigenvalue weighted by Gasteiger charge is 2.14. The fraction of sp³-hybridized carbons (Fsp3) is 0. The highest BCUT2D eigenvalue weighted by atomic mass is 32.2. The van der Waals surface area contributed by atoms with Gasteiger partial charge in [0.05, 0.1) is 9.79 Å². The van der Waals surface area contributed by atoms with Crippen LogP contribution in [0, 0.1) is 0 Å². The fourth-order valence-corrected chi connectivity index (χ4v) is 7.21. The molecule has 8 aromatic rings. The molecule has 0 fully saturated rings. The Balaban J connectivity index is 1.10. The Morgan fingerprint density at radius 1 is 0.333 bits per heavy atom. The van der Waals surface area contributed by atoms with Gasteiger partial charge in [0.15, 0.2) is 0 Å². The molecule has 0 saturated heterocycles. The quantitative estimate of drug-likeness (QED) is 0.0478. The molecule has 17 heteroatoms. The van der Waals surface area contributed by atoms with Gasteiger partial charge in [-0.25, -0.2) is 0 Å². The molecule has 8 rings (SSSR count). The number of anilines is 12. The van der Waals surface area contributed by atoms with Gasteiger partial charge in [-0.3, -0.25) is 9.11 Å². The second kappa shape index (κ2) is 16.7. The monoisotopic (exact) mass is 837 g/mol. The zero-order valence-corrected chi connectivity index (χ0v) is 32.9. The van der Waals surface area contributed by atoms with Crippen molar-refractivity contribution in [2.45, 2.75) is 9.79 Å². The minimum absolute atomic E-state index is 0.163. The standard InChI is InChI=1S/C43H35N9O6S2/c53-59(54,55)35-21-17-30(18-22-35)45-33-25-32(44-28-9-3-1-4-10-28)26-34(27-33)46-39-15-7-14-38-37(39)13-8-16-40(38)49-43-51-41(47-29-11-5-2-6-12-29)50-42(52-43)48-31-19-23-36(24-20-31)60(56,57)58/h1-27,44-46H,(H,53,54,55)(H,56,57,58)(H3,47,48,49,50,51,52). The molecule has 7 aromatic carbocycles. The highest BCUT2D eigenvalue weighted by molar-refractivity contribution is 7.86. The van der Waals surface area contributed by atoms with E-state index in [9.17, 15) is 25.9 Å². The lowest BCUT2D eigenvalue weighted by molar-refractivity contribution is 0.481. The van der Waals surface area contributed by atoms with E-state index in [1.807, 2.05) is 115 Å². The summed E-state index contributed by atoms with van der Waals surface area (Å²) in [7, 11) is -8.70. The van der Waals surface area contributed by atoms with E-state index in [0.717, 1.165) is 39.2 Å². The van der Waals surface area contributed by atoms with Crippen LogP contribution < -0.4 is 31.9 Å². The van der Waals surface area contributed by atoms with Crippen molar-refractivity contribution in [1.82, 2.24) is 15.0 Å². The van der Waals surface area contributed by atoms with E-state index >= 15 is 0 Å². The average Bonchev–Trinajstić information content (AvgIpc) is 3.22. The fourth-order valence-electron chi connectivity index (χ4n) is 6.25. The van der Waals surface area contributed by atoms with Gasteiger partial charge in [-0.1, -0.05) is 60.7 Å². The normalized spacial score (nSPS) is 11.4. The third-order valence-electron chi connectivity index (χ3n) is 8.96. The number of hydrogen-bond acceptors (Lipinski definition) is 13. The van der Waals surface area contributed by atoms with Crippen LogP contribution in [0.2, 0.25) is 0 Å². The maximum atomic E-state index is 11.6. The van der Waals surface area contributed by atoms with E-state index in [0.29, 0.717) is 22.7 Å². The molecule has 0 unspecified atom stereocenters. The van der Waals surface area contributed by atoms with Crippen molar-refractivity contribution in [3.63, 3.8) is 0 Å². The van der Waals surface area contributed by atoms with Crippen LogP contribution in [0.15, 0.2) is 174 Å². The Morgan fingerprint density at radius 2 is 0.683 bits per heavy atom. The van der Waals surface area contributed by atoms with E-state index in [4.69, 9.17) is 0 Å². The van der Waals surface area contributed by atoms with Crippen LogP contribution in [0.3, 0.4) is 0 Å². The molecular weight excluding hydrogens is 803 g/mol. The SMILES string of the molecule is O=S(=O)(O)c1ccc(Nc2cc(Nc3ccccc3)cc(Nc3cccc4c(Nc5nc(Nc6ccccc6)nc(Nc6ccc(S(=O)(=O)O)cc6)n5)cccc34)c2)cc1. The molecule has 1 heterocycles. The zero-order chi connectivity index (χ0) is 41.7. The highest BCUT2D eigenvalue weighted by Crippen LogP contribution is 2.35. The molecular formula is C43H35N9O6S2. The molecule has 0 aliphatic rings. The smallest absolute Gasteiger partial charge is 0.294 e.